The Hall–Kier alpha value is -3.41. The van der Waals surface area contributed by atoms with Crippen LogP contribution in [0.25, 0.3) is 10.8 Å². The second-order valence-corrected chi connectivity index (χ2v) is 5.18. The fourth-order valence-corrected chi connectivity index (χ4v) is 2.45. The average molecular weight is 335 g/mol. The van der Waals surface area contributed by atoms with Crippen LogP contribution in [0.5, 0.6) is 11.5 Å². The van der Waals surface area contributed by atoms with Gasteiger partial charge in [-0.1, -0.05) is 18.2 Å². The van der Waals surface area contributed by atoms with E-state index >= 15 is 0 Å². The Bertz CT molecular complexity index is 919. The minimum atomic E-state index is -0.381. The van der Waals surface area contributed by atoms with E-state index in [1.165, 1.54) is 0 Å². The van der Waals surface area contributed by atoms with Gasteiger partial charge in [0.05, 0.1) is 20.4 Å². The molecule has 0 unspecified atom stereocenters. The highest BCUT2D eigenvalue weighted by Crippen LogP contribution is 2.29. The second-order valence-electron chi connectivity index (χ2n) is 5.18. The number of pyridine rings is 1. The van der Waals surface area contributed by atoms with Gasteiger partial charge in [0, 0.05) is 11.8 Å². The molecule has 0 bridgehead atoms. The van der Waals surface area contributed by atoms with Crippen molar-refractivity contribution in [2.75, 3.05) is 14.2 Å². The number of hydrogen-bond donors (Lipinski definition) is 1. The summed E-state index contributed by atoms with van der Waals surface area (Å²) in [5.41, 5.74) is 3.52. The quantitative estimate of drug-likeness (QED) is 0.575. The Morgan fingerprint density at radius 2 is 1.96 bits per heavy atom. The number of nitrogens with zero attached hydrogens (tertiary/aromatic N) is 2. The lowest BCUT2D eigenvalue weighted by Gasteiger charge is -2.10. The van der Waals surface area contributed by atoms with E-state index in [-0.39, 0.29) is 5.91 Å². The zero-order valence-corrected chi connectivity index (χ0v) is 13.9. The first-order valence-corrected chi connectivity index (χ1v) is 7.62. The summed E-state index contributed by atoms with van der Waals surface area (Å²) in [6.45, 7) is 0. The van der Waals surface area contributed by atoms with Crippen LogP contribution in [-0.2, 0) is 0 Å². The highest BCUT2D eigenvalue weighted by molar-refractivity contribution is 6.03. The second kappa shape index (κ2) is 7.44. The van der Waals surface area contributed by atoms with Crippen LogP contribution < -0.4 is 14.9 Å². The standard InChI is InChI=1S/C19H17N3O3/c1-24-14-8-6-13-7-9-18(25-2)16(15(13)11-14)12-21-22-19(23)17-5-3-4-10-20-17/h3-12H,1-2H3,(H,22,23)/b21-12-. The summed E-state index contributed by atoms with van der Waals surface area (Å²) in [4.78, 5) is 16.0. The van der Waals surface area contributed by atoms with E-state index in [0.717, 1.165) is 22.1 Å². The maximum Gasteiger partial charge on any atom is 0.289 e. The molecule has 0 aliphatic carbocycles. The van der Waals surface area contributed by atoms with E-state index in [9.17, 15) is 4.79 Å². The molecule has 6 heteroatoms. The van der Waals surface area contributed by atoms with Crippen LogP contribution in [0.3, 0.4) is 0 Å². The van der Waals surface area contributed by atoms with Crippen molar-refractivity contribution in [1.29, 1.82) is 0 Å². The summed E-state index contributed by atoms with van der Waals surface area (Å²) in [6, 6.07) is 14.7. The fraction of sp³-hybridized carbons (Fsp3) is 0.105. The number of fused-ring (bicyclic) bond motifs is 1. The maximum absolute atomic E-state index is 12.0. The third-order valence-electron chi connectivity index (χ3n) is 3.71. The third-order valence-corrected chi connectivity index (χ3v) is 3.71. The predicted molar refractivity (Wildman–Crippen MR) is 96.3 cm³/mol. The molecule has 2 aromatic carbocycles. The fourth-order valence-electron chi connectivity index (χ4n) is 2.45. The molecule has 6 nitrogen and oxygen atoms in total. The number of benzene rings is 2. The highest BCUT2D eigenvalue weighted by Gasteiger charge is 2.09. The van der Waals surface area contributed by atoms with Crippen LogP contribution in [0.1, 0.15) is 16.1 Å². The van der Waals surface area contributed by atoms with Gasteiger partial charge in [-0.05, 0) is 41.1 Å². The van der Waals surface area contributed by atoms with Gasteiger partial charge in [0.1, 0.15) is 17.2 Å². The van der Waals surface area contributed by atoms with Gasteiger partial charge in [-0.25, -0.2) is 5.43 Å². The summed E-state index contributed by atoms with van der Waals surface area (Å²) in [7, 11) is 3.20. The van der Waals surface area contributed by atoms with E-state index in [1.807, 2.05) is 30.3 Å². The number of hydrogen-bond acceptors (Lipinski definition) is 5. The zero-order valence-electron chi connectivity index (χ0n) is 13.9. The summed E-state index contributed by atoms with van der Waals surface area (Å²) < 4.78 is 10.7. The molecule has 0 fully saturated rings. The van der Waals surface area contributed by atoms with Gasteiger partial charge in [0.25, 0.3) is 5.91 Å². The molecule has 25 heavy (non-hydrogen) atoms. The van der Waals surface area contributed by atoms with E-state index in [0.29, 0.717) is 11.4 Å². The van der Waals surface area contributed by atoms with E-state index in [1.54, 1.807) is 44.8 Å². The topological polar surface area (TPSA) is 72.8 Å². The molecule has 1 amide bonds. The monoisotopic (exact) mass is 335 g/mol. The highest BCUT2D eigenvalue weighted by atomic mass is 16.5. The predicted octanol–water partition coefficient (Wildman–Crippen LogP) is 3.02. The molecule has 126 valence electrons. The number of aromatic nitrogens is 1. The Balaban J connectivity index is 1.92. The Morgan fingerprint density at radius 1 is 1.12 bits per heavy atom. The number of carbonyl (C=O) groups is 1. The number of methoxy groups -OCH3 is 2. The Morgan fingerprint density at radius 3 is 2.68 bits per heavy atom. The molecule has 0 saturated heterocycles. The van der Waals surface area contributed by atoms with Crippen molar-refractivity contribution in [3.63, 3.8) is 0 Å². The molecule has 0 radical (unpaired) electrons. The van der Waals surface area contributed by atoms with Gasteiger partial charge in [-0.15, -0.1) is 0 Å². The van der Waals surface area contributed by atoms with Crippen molar-refractivity contribution in [2.24, 2.45) is 5.10 Å². The van der Waals surface area contributed by atoms with Gasteiger partial charge in [-0.3, -0.25) is 9.78 Å². The molecule has 0 aliphatic heterocycles. The number of amides is 1. The van der Waals surface area contributed by atoms with Crippen LogP contribution in [0.4, 0.5) is 0 Å². The van der Waals surface area contributed by atoms with Crippen LogP contribution in [0.15, 0.2) is 59.8 Å². The van der Waals surface area contributed by atoms with Crippen LogP contribution in [0.2, 0.25) is 0 Å². The van der Waals surface area contributed by atoms with Crippen molar-refractivity contribution in [3.05, 3.63) is 66.0 Å². The van der Waals surface area contributed by atoms with Gasteiger partial charge >= 0.3 is 0 Å². The van der Waals surface area contributed by atoms with Gasteiger partial charge in [0.2, 0.25) is 0 Å². The summed E-state index contributed by atoms with van der Waals surface area (Å²) in [6.07, 6.45) is 3.11. The van der Waals surface area contributed by atoms with E-state index in [4.69, 9.17) is 9.47 Å². The molecule has 1 aromatic heterocycles. The van der Waals surface area contributed by atoms with Crippen molar-refractivity contribution in [1.82, 2.24) is 10.4 Å². The minimum absolute atomic E-state index is 0.297. The third kappa shape index (κ3) is 3.58. The Kier molecular flexibility index (Phi) is 4.89. The number of nitrogens with one attached hydrogen (secondary N) is 1. The van der Waals surface area contributed by atoms with Gasteiger partial charge in [-0.2, -0.15) is 5.10 Å². The lowest BCUT2D eigenvalue weighted by atomic mass is 10.0. The van der Waals surface area contributed by atoms with Crippen molar-refractivity contribution < 1.29 is 14.3 Å². The molecule has 1 heterocycles. The van der Waals surface area contributed by atoms with Crippen LogP contribution in [-0.4, -0.2) is 31.3 Å². The molecular formula is C19H17N3O3. The molecule has 0 aliphatic rings. The van der Waals surface area contributed by atoms with E-state index < -0.39 is 0 Å². The first-order chi connectivity index (χ1) is 12.2. The lowest BCUT2D eigenvalue weighted by Crippen LogP contribution is -2.18. The van der Waals surface area contributed by atoms with Crippen LogP contribution in [0, 0.1) is 0 Å². The SMILES string of the molecule is COc1ccc2ccc(OC)c(/C=N\NC(=O)c3ccccn3)c2c1. The number of carbonyl (C=O) groups excluding carboxylic acids is 1. The number of ether oxygens (including phenoxy) is 2. The molecule has 0 saturated carbocycles. The zero-order chi connectivity index (χ0) is 17.6. The molecule has 0 atom stereocenters. The van der Waals surface area contributed by atoms with Crippen molar-refractivity contribution in [3.8, 4) is 11.5 Å². The smallest absolute Gasteiger partial charge is 0.289 e. The summed E-state index contributed by atoms with van der Waals surface area (Å²) in [5, 5.41) is 5.97. The first kappa shape index (κ1) is 16.4. The summed E-state index contributed by atoms with van der Waals surface area (Å²) >= 11 is 0. The lowest BCUT2D eigenvalue weighted by molar-refractivity contribution is 0.0950. The first-order valence-electron chi connectivity index (χ1n) is 7.62. The van der Waals surface area contributed by atoms with E-state index in [2.05, 4.69) is 15.5 Å². The van der Waals surface area contributed by atoms with Gasteiger partial charge < -0.3 is 9.47 Å². The van der Waals surface area contributed by atoms with Crippen molar-refractivity contribution >= 4 is 22.9 Å². The van der Waals surface area contributed by atoms with Crippen LogP contribution >= 0.6 is 0 Å². The maximum atomic E-state index is 12.0. The normalized spacial score (nSPS) is 10.8. The molecule has 1 N–H and O–H groups in total. The minimum Gasteiger partial charge on any atom is -0.497 e. The number of hydrazone groups is 1. The van der Waals surface area contributed by atoms with Crippen molar-refractivity contribution in [2.45, 2.75) is 0 Å². The average Bonchev–Trinajstić information content (AvgIpc) is 2.68. The molecule has 0 spiro atoms. The molecular weight excluding hydrogens is 318 g/mol. The molecule has 3 rings (SSSR count). The largest absolute Gasteiger partial charge is 0.497 e. The van der Waals surface area contributed by atoms with Gasteiger partial charge in [0.15, 0.2) is 0 Å². The number of rotatable bonds is 5. The molecule has 3 aromatic rings. The summed E-state index contributed by atoms with van der Waals surface area (Å²) in [5.74, 6) is 0.998. The Labute approximate surface area is 145 Å².